The highest BCUT2D eigenvalue weighted by Crippen LogP contribution is 2.28. The lowest BCUT2D eigenvalue weighted by atomic mass is 10.2. The number of aryl methyl sites for hydroxylation is 1. The summed E-state index contributed by atoms with van der Waals surface area (Å²) in [7, 11) is 0. The Morgan fingerprint density at radius 1 is 1.29 bits per heavy atom. The summed E-state index contributed by atoms with van der Waals surface area (Å²) < 4.78 is 5.60. The maximum absolute atomic E-state index is 5.95. The molecule has 1 heterocycles. The van der Waals surface area contributed by atoms with Crippen LogP contribution in [0.15, 0.2) is 24.4 Å². The normalized spacial score (nSPS) is 14.2. The van der Waals surface area contributed by atoms with E-state index in [0.717, 1.165) is 17.8 Å². The van der Waals surface area contributed by atoms with Crippen LogP contribution in [0.2, 0.25) is 10.0 Å². The first kappa shape index (κ1) is 14.6. The van der Waals surface area contributed by atoms with Crippen LogP contribution in [0.1, 0.15) is 24.1 Å². The summed E-state index contributed by atoms with van der Waals surface area (Å²) in [6, 6.07) is 6.03. The van der Waals surface area contributed by atoms with E-state index in [-0.39, 0.29) is 0 Å². The van der Waals surface area contributed by atoms with Crippen LogP contribution in [0, 0.1) is 6.92 Å². The molecule has 0 radical (unpaired) electrons. The summed E-state index contributed by atoms with van der Waals surface area (Å²) in [6.45, 7) is 2.75. The second kappa shape index (κ2) is 6.18. The number of halogens is 2. The molecule has 0 amide bonds. The molecule has 110 valence electrons. The van der Waals surface area contributed by atoms with Crippen LogP contribution in [0.4, 0.5) is 0 Å². The number of hydrogen-bond donors (Lipinski definition) is 1. The highest BCUT2D eigenvalue weighted by atomic mass is 35.5. The molecule has 1 aromatic carbocycles. The van der Waals surface area contributed by atoms with Gasteiger partial charge < -0.3 is 10.1 Å². The summed E-state index contributed by atoms with van der Waals surface area (Å²) in [4.78, 5) is 8.61. The lowest BCUT2D eigenvalue weighted by Gasteiger charge is -2.09. The van der Waals surface area contributed by atoms with Crippen molar-refractivity contribution in [2.45, 2.75) is 32.4 Å². The average molecular weight is 324 g/mol. The van der Waals surface area contributed by atoms with Gasteiger partial charge in [-0.05, 0) is 31.9 Å². The van der Waals surface area contributed by atoms with E-state index in [0.29, 0.717) is 27.8 Å². The van der Waals surface area contributed by atoms with Crippen molar-refractivity contribution >= 4 is 23.2 Å². The predicted octanol–water partition coefficient (Wildman–Crippen LogP) is 4.14. The number of rotatable bonds is 5. The largest absolute Gasteiger partial charge is 0.424 e. The molecular weight excluding hydrogens is 309 g/mol. The molecule has 0 bridgehead atoms. The summed E-state index contributed by atoms with van der Waals surface area (Å²) in [5, 5.41) is 4.37. The number of nitrogens with one attached hydrogen (secondary N) is 1. The van der Waals surface area contributed by atoms with E-state index in [2.05, 4.69) is 15.3 Å². The van der Waals surface area contributed by atoms with Gasteiger partial charge in [0.2, 0.25) is 0 Å². The van der Waals surface area contributed by atoms with Crippen molar-refractivity contribution in [3.05, 3.63) is 45.7 Å². The van der Waals surface area contributed by atoms with Crippen molar-refractivity contribution in [3.8, 4) is 11.8 Å². The Hall–Kier alpha value is -1.36. The molecule has 3 rings (SSSR count). The minimum atomic E-state index is 0.307. The van der Waals surface area contributed by atoms with Gasteiger partial charge in [-0.3, -0.25) is 0 Å². The number of nitrogens with zero attached hydrogens (tertiary/aromatic N) is 2. The summed E-state index contributed by atoms with van der Waals surface area (Å²) >= 11 is 11.8. The van der Waals surface area contributed by atoms with Gasteiger partial charge in [0, 0.05) is 36.1 Å². The van der Waals surface area contributed by atoms with Crippen molar-refractivity contribution in [2.24, 2.45) is 0 Å². The smallest absolute Gasteiger partial charge is 0.322 e. The molecule has 2 aromatic rings. The van der Waals surface area contributed by atoms with E-state index in [4.69, 9.17) is 27.9 Å². The quantitative estimate of drug-likeness (QED) is 0.898. The van der Waals surface area contributed by atoms with Gasteiger partial charge in [0.25, 0.3) is 0 Å². The lowest BCUT2D eigenvalue weighted by molar-refractivity contribution is 0.439. The van der Waals surface area contributed by atoms with Crippen molar-refractivity contribution in [1.29, 1.82) is 0 Å². The maximum atomic E-state index is 5.95. The molecule has 0 aliphatic heterocycles. The van der Waals surface area contributed by atoms with Gasteiger partial charge in [0.1, 0.15) is 5.75 Å². The van der Waals surface area contributed by atoms with Gasteiger partial charge in [-0.25, -0.2) is 4.98 Å². The number of hydrogen-bond acceptors (Lipinski definition) is 4. The van der Waals surface area contributed by atoms with E-state index in [1.165, 1.54) is 12.8 Å². The van der Waals surface area contributed by atoms with Crippen molar-refractivity contribution in [3.63, 3.8) is 0 Å². The van der Waals surface area contributed by atoms with Gasteiger partial charge in [-0.15, -0.1) is 0 Å². The van der Waals surface area contributed by atoms with E-state index in [1.54, 1.807) is 24.4 Å². The Balaban J connectivity index is 1.70. The van der Waals surface area contributed by atoms with Crippen LogP contribution in [0.5, 0.6) is 11.8 Å². The van der Waals surface area contributed by atoms with Crippen molar-refractivity contribution in [1.82, 2.24) is 15.3 Å². The average Bonchev–Trinajstić information content (AvgIpc) is 3.26. The minimum Gasteiger partial charge on any atom is -0.424 e. The van der Waals surface area contributed by atoms with Crippen LogP contribution in [-0.2, 0) is 6.54 Å². The topological polar surface area (TPSA) is 47.0 Å². The molecule has 0 spiro atoms. The first-order valence-corrected chi connectivity index (χ1v) is 7.56. The second-order valence-electron chi connectivity index (χ2n) is 5.10. The van der Waals surface area contributed by atoms with Crippen LogP contribution < -0.4 is 10.1 Å². The molecule has 4 nitrogen and oxygen atoms in total. The first-order valence-electron chi connectivity index (χ1n) is 6.80. The van der Waals surface area contributed by atoms with Crippen LogP contribution in [-0.4, -0.2) is 16.0 Å². The molecule has 1 fully saturated rings. The van der Waals surface area contributed by atoms with E-state index >= 15 is 0 Å². The third-order valence-corrected chi connectivity index (χ3v) is 4.06. The summed E-state index contributed by atoms with van der Waals surface area (Å²) in [5.41, 5.74) is 2.00. The molecule has 0 saturated heterocycles. The molecule has 1 saturated carbocycles. The fraction of sp³-hybridized carbons (Fsp3) is 0.333. The first-order chi connectivity index (χ1) is 10.1. The Labute approximate surface area is 133 Å². The fourth-order valence-electron chi connectivity index (χ4n) is 1.88. The molecule has 1 N–H and O–H groups in total. The number of ether oxygens (including phenoxy) is 1. The second-order valence-corrected chi connectivity index (χ2v) is 5.91. The molecule has 6 heteroatoms. The Bertz CT molecular complexity index is 659. The van der Waals surface area contributed by atoms with Gasteiger partial charge >= 0.3 is 6.01 Å². The monoisotopic (exact) mass is 323 g/mol. The van der Waals surface area contributed by atoms with Crippen LogP contribution in [0.3, 0.4) is 0 Å². The molecule has 0 atom stereocenters. The zero-order valence-corrected chi connectivity index (χ0v) is 13.1. The van der Waals surface area contributed by atoms with Crippen molar-refractivity contribution < 1.29 is 4.74 Å². The van der Waals surface area contributed by atoms with E-state index < -0.39 is 0 Å². The molecule has 1 aliphatic rings. The minimum absolute atomic E-state index is 0.307. The molecule has 1 aliphatic carbocycles. The zero-order valence-electron chi connectivity index (χ0n) is 11.6. The van der Waals surface area contributed by atoms with Crippen LogP contribution >= 0.6 is 23.2 Å². The molecule has 0 unspecified atom stereocenters. The van der Waals surface area contributed by atoms with Gasteiger partial charge in [0.15, 0.2) is 0 Å². The van der Waals surface area contributed by atoms with E-state index in [1.807, 2.05) is 6.92 Å². The maximum Gasteiger partial charge on any atom is 0.322 e. The molecular formula is C15H15Cl2N3O. The third-order valence-electron chi connectivity index (χ3n) is 3.32. The highest BCUT2D eigenvalue weighted by molar-refractivity contribution is 6.42. The number of aromatic nitrogens is 2. The molecule has 21 heavy (non-hydrogen) atoms. The zero-order chi connectivity index (χ0) is 14.8. The lowest BCUT2D eigenvalue weighted by Crippen LogP contribution is -2.16. The van der Waals surface area contributed by atoms with Gasteiger partial charge in [-0.2, -0.15) is 4.98 Å². The van der Waals surface area contributed by atoms with E-state index in [9.17, 15) is 0 Å². The SMILES string of the molecule is Cc1nc(Oc2ccc(Cl)c(Cl)c2)ncc1CNC1CC1. The predicted molar refractivity (Wildman–Crippen MR) is 83.2 cm³/mol. The van der Waals surface area contributed by atoms with Crippen molar-refractivity contribution in [2.75, 3.05) is 0 Å². The number of benzene rings is 1. The standard InChI is InChI=1S/C15H15Cl2N3O/c1-9-10(7-18-11-2-3-11)8-19-15(20-9)21-12-4-5-13(16)14(17)6-12/h4-6,8,11,18H,2-3,7H2,1H3. The Morgan fingerprint density at radius 3 is 2.76 bits per heavy atom. The summed E-state index contributed by atoms with van der Waals surface area (Å²) in [6.07, 6.45) is 4.32. The van der Waals surface area contributed by atoms with Crippen LogP contribution in [0.25, 0.3) is 0 Å². The molecule has 1 aromatic heterocycles. The Morgan fingerprint density at radius 2 is 2.10 bits per heavy atom. The van der Waals surface area contributed by atoms with Gasteiger partial charge in [0.05, 0.1) is 10.0 Å². The fourth-order valence-corrected chi connectivity index (χ4v) is 2.17. The Kier molecular flexibility index (Phi) is 4.29. The van der Waals surface area contributed by atoms with Gasteiger partial charge in [-0.1, -0.05) is 23.2 Å². The summed E-state index contributed by atoms with van der Waals surface area (Å²) in [5.74, 6) is 0.563. The highest BCUT2D eigenvalue weighted by Gasteiger charge is 2.20. The third kappa shape index (κ3) is 3.84.